The van der Waals surface area contributed by atoms with Gasteiger partial charge < -0.3 is 36.3 Å². The van der Waals surface area contributed by atoms with E-state index in [1.807, 2.05) is 0 Å². The van der Waals surface area contributed by atoms with Crippen molar-refractivity contribution in [3.63, 3.8) is 0 Å². The van der Waals surface area contributed by atoms with Crippen LogP contribution in [0.4, 0.5) is 0 Å². The minimum absolute atomic E-state index is 0.140. The zero-order valence-corrected chi connectivity index (χ0v) is 29.0. The van der Waals surface area contributed by atoms with Crippen LogP contribution in [0.2, 0.25) is 0 Å². The van der Waals surface area contributed by atoms with Crippen LogP contribution in [0, 0.1) is 46.3 Å². The monoisotopic (exact) mass is 627 g/mol. The number of benzene rings is 1. The van der Waals surface area contributed by atoms with Gasteiger partial charge in [-0.05, 0) is 118 Å². The van der Waals surface area contributed by atoms with Crippen molar-refractivity contribution < 1.29 is 14.2 Å². The molecule has 4 aliphatic rings. The number of hydrogen-bond donors (Lipinski definition) is 3. The van der Waals surface area contributed by atoms with E-state index in [0.717, 1.165) is 38.8 Å². The third-order valence-corrected chi connectivity index (χ3v) is 13.3. The summed E-state index contributed by atoms with van der Waals surface area (Å²) in [5, 5.41) is 0. The molecule has 45 heavy (non-hydrogen) atoms. The average molecular weight is 627 g/mol. The molecule has 4 aliphatic carbocycles. The second-order valence-corrected chi connectivity index (χ2v) is 15.8. The molecule has 4 fully saturated rings. The first kappa shape index (κ1) is 35.3. The molecule has 0 bridgehead atoms. The fourth-order valence-electron chi connectivity index (χ4n) is 11.2. The van der Waals surface area contributed by atoms with E-state index in [4.69, 9.17) is 31.4 Å². The number of hydrogen-bond acceptors (Lipinski definition) is 7. The van der Waals surface area contributed by atoms with Crippen molar-refractivity contribution in [1.82, 2.24) is 4.90 Å². The molecule has 0 aliphatic heterocycles. The van der Waals surface area contributed by atoms with Crippen LogP contribution in [0.15, 0.2) is 30.3 Å². The molecule has 0 spiro atoms. The highest BCUT2D eigenvalue weighted by Gasteiger charge is 2.66. The minimum atomic E-state index is 0.140. The number of nitrogens with two attached hydrogens (primary N) is 3. The van der Waals surface area contributed by atoms with E-state index in [0.29, 0.717) is 81.1 Å². The molecule has 6 N–H and O–H groups in total. The molecule has 256 valence electrons. The largest absolute Gasteiger partial charge is 0.377 e. The Bertz CT molecular complexity index is 1030. The Labute approximate surface area is 274 Å². The maximum Gasteiger partial charge on any atom is 0.0637 e. The van der Waals surface area contributed by atoms with Gasteiger partial charge in [0.05, 0.1) is 38.1 Å². The van der Waals surface area contributed by atoms with Crippen molar-refractivity contribution in [2.45, 2.75) is 103 Å². The summed E-state index contributed by atoms with van der Waals surface area (Å²) in [5.74, 6) is 3.69. The molecule has 1 unspecified atom stereocenters. The highest BCUT2D eigenvalue weighted by molar-refractivity contribution is 5.16. The smallest absolute Gasteiger partial charge is 0.0637 e. The molecule has 11 atom stereocenters. The van der Waals surface area contributed by atoms with Gasteiger partial charge in [-0.15, -0.1) is 0 Å². The third kappa shape index (κ3) is 7.50. The van der Waals surface area contributed by atoms with Gasteiger partial charge in [0.2, 0.25) is 0 Å². The van der Waals surface area contributed by atoms with Gasteiger partial charge in [0.15, 0.2) is 0 Å². The summed E-state index contributed by atoms with van der Waals surface area (Å²) >= 11 is 0. The Morgan fingerprint density at radius 3 is 2.31 bits per heavy atom. The van der Waals surface area contributed by atoms with Gasteiger partial charge in [0.25, 0.3) is 0 Å². The SMILES string of the molecule is C[C@H](CCCN(C)Cc1ccccc1)[C@H]1CC[C@H]2[C@@H]3[C@H](OCCN)C[C@@H]4CC(OCCN)CC[C@]4(C)[C@H]3C[C@H](OCCN)[C@]12C. The van der Waals surface area contributed by atoms with Crippen LogP contribution in [0.1, 0.15) is 84.1 Å². The predicted molar refractivity (Wildman–Crippen MR) is 184 cm³/mol. The van der Waals surface area contributed by atoms with Crippen molar-refractivity contribution in [3.8, 4) is 0 Å². The van der Waals surface area contributed by atoms with Gasteiger partial charge in [-0.3, -0.25) is 0 Å². The Kier molecular flexibility index (Phi) is 12.4. The first-order valence-corrected chi connectivity index (χ1v) is 18.4. The second kappa shape index (κ2) is 15.9. The second-order valence-electron chi connectivity index (χ2n) is 15.8. The van der Waals surface area contributed by atoms with Crippen LogP contribution in [0.25, 0.3) is 0 Å². The van der Waals surface area contributed by atoms with Crippen LogP contribution in [0.5, 0.6) is 0 Å². The number of ether oxygens (including phenoxy) is 3. The predicted octanol–water partition coefficient (Wildman–Crippen LogP) is 5.45. The Morgan fingerprint density at radius 1 is 0.867 bits per heavy atom. The van der Waals surface area contributed by atoms with Crippen LogP contribution < -0.4 is 17.2 Å². The van der Waals surface area contributed by atoms with Crippen LogP contribution in [-0.4, -0.2) is 76.3 Å². The Balaban J connectivity index is 1.33. The van der Waals surface area contributed by atoms with Crippen LogP contribution >= 0.6 is 0 Å². The van der Waals surface area contributed by atoms with Crippen molar-refractivity contribution in [3.05, 3.63) is 35.9 Å². The molecular formula is C38H66N4O3. The van der Waals surface area contributed by atoms with Crippen molar-refractivity contribution in [2.75, 3.05) is 53.0 Å². The Morgan fingerprint density at radius 2 is 1.58 bits per heavy atom. The highest BCUT2D eigenvalue weighted by atomic mass is 16.5. The molecule has 0 radical (unpaired) electrons. The summed E-state index contributed by atoms with van der Waals surface area (Å²) in [6, 6.07) is 10.8. The van der Waals surface area contributed by atoms with Gasteiger partial charge in [0.1, 0.15) is 0 Å². The minimum Gasteiger partial charge on any atom is -0.377 e. The molecule has 1 aromatic carbocycles. The van der Waals surface area contributed by atoms with E-state index in [2.05, 4.69) is 63.1 Å². The third-order valence-electron chi connectivity index (χ3n) is 13.3. The lowest BCUT2D eigenvalue weighted by Gasteiger charge is -2.64. The molecule has 0 amide bonds. The van der Waals surface area contributed by atoms with Crippen molar-refractivity contribution in [1.29, 1.82) is 0 Å². The number of fused-ring (bicyclic) bond motifs is 5. The summed E-state index contributed by atoms with van der Waals surface area (Å²) in [7, 11) is 2.26. The summed E-state index contributed by atoms with van der Waals surface area (Å²) < 4.78 is 19.9. The molecule has 0 aromatic heterocycles. The molecular weight excluding hydrogens is 560 g/mol. The van der Waals surface area contributed by atoms with Gasteiger partial charge in [-0.2, -0.15) is 0 Å². The van der Waals surface area contributed by atoms with E-state index < -0.39 is 0 Å². The van der Waals surface area contributed by atoms with Gasteiger partial charge >= 0.3 is 0 Å². The van der Waals surface area contributed by atoms with Gasteiger partial charge in [-0.25, -0.2) is 0 Å². The fraction of sp³-hybridized carbons (Fsp3) is 0.842. The molecule has 7 nitrogen and oxygen atoms in total. The number of rotatable bonds is 16. The number of nitrogens with zero attached hydrogens (tertiary/aromatic N) is 1. The van der Waals surface area contributed by atoms with E-state index >= 15 is 0 Å². The summed E-state index contributed by atoms with van der Waals surface area (Å²) in [6.45, 7) is 13.6. The van der Waals surface area contributed by atoms with Crippen molar-refractivity contribution >= 4 is 0 Å². The lowest BCUT2D eigenvalue weighted by molar-refractivity contribution is -0.226. The normalized spacial score (nSPS) is 38.5. The highest BCUT2D eigenvalue weighted by Crippen LogP contribution is 2.69. The summed E-state index contributed by atoms with van der Waals surface area (Å²) in [4.78, 5) is 2.48. The van der Waals surface area contributed by atoms with Crippen LogP contribution in [-0.2, 0) is 20.8 Å². The standard InChI is InChI=1S/C38H66N4O3/c1-27(9-8-19-42(4)26-28-10-6-5-7-11-28)31-12-13-32-36-33(25-35(38(31,32)3)45-22-18-41)37(2)15-14-30(43-20-16-39)23-29(37)24-34(36)44-21-17-40/h5-7,10-11,27,29-36H,8-9,12-26,39-41H2,1-4H3/t27-,29+,30?,31-,32+,33+,34-,35+,36+,37+,38-/m1/s1. The maximum atomic E-state index is 6.87. The molecule has 0 saturated heterocycles. The molecule has 5 rings (SSSR count). The fourth-order valence-corrected chi connectivity index (χ4v) is 11.2. The lowest BCUT2D eigenvalue weighted by Crippen LogP contribution is -2.63. The van der Waals surface area contributed by atoms with E-state index in [1.165, 1.54) is 37.7 Å². The topological polar surface area (TPSA) is 109 Å². The van der Waals surface area contributed by atoms with E-state index in [1.54, 1.807) is 0 Å². The lowest BCUT2D eigenvalue weighted by atomic mass is 9.43. The maximum absolute atomic E-state index is 6.87. The molecule has 1 aromatic rings. The quantitative estimate of drug-likeness (QED) is 0.224. The Hall–Kier alpha value is -1.06. The van der Waals surface area contributed by atoms with Gasteiger partial charge in [-0.1, -0.05) is 51.1 Å². The van der Waals surface area contributed by atoms with E-state index in [9.17, 15) is 0 Å². The van der Waals surface area contributed by atoms with Crippen LogP contribution in [0.3, 0.4) is 0 Å². The molecule has 7 heteroatoms. The zero-order valence-electron chi connectivity index (χ0n) is 29.0. The van der Waals surface area contributed by atoms with Crippen molar-refractivity contribution in [2.24, 2.45) is 63.5 Å². The first-order chi connectivity index (χ1) is 21.8. The average Bonchev–Trinajstić information content (AvgIpc) is 3.40. The first-order valence-electron chi connectivity index (χ1n) is 18.4. The summed E-state index contributed by atoms with van der Waals surface area (Å²) in [6.07, 6.45) is 11.7. The zero-order chi connectivity index (χ0) is 32.0. The summed E-state index contributed by atoms with van der Waals surface area (Å²) in [5.41, 5.74) is 19.7. The van der Waals surface area contributed by atoms with E-state index in [-0.39, 0.29) is 23.0 Å². The molecule has 0 heterocycles. The van der Waals surface area contributed by atoms with Gasteiger partial charge in [0, 0.05) is 31.6 Å². The molecule has 4 saturated carbocycles.